The average Bonchev–Trinajstić information content (AvgIpc) is 3.17. The van der Waals surface area contributed by atoms with Gasteiger partial charge < -0.3 is 10.6 Å². The van der Waals surface area contributed by atoms with E-state index in [-0.39, 0.29) is 42.8 Å². The molecule has 168 valence electrons. The lowest BCUT2D eigenvalue weighted by Crippen LogP contribution is -2.47. The molecule has 1 saturated heterocycles. The molecule has 4 rings (SSSR count). The van der Waals surface area contributed by atoms with Crippen molar-refractivity contribution in [2.45, 2.75) is 52.1 Å². The van der Waals surface area contributed by atoms with Gasteiger partial charge in [0.25, 0.3) is 5.91 Å². The summed E-state index contributed by atoms with van der Waals surface area (Å²) in [4.78, 5) is 20.5. The van der Waals surface area contributed by atoms with Gasteiger partial charge in [-0.15, -0.1) is 24.8 Å². The Balaban J connectivity index is 0.00000171. The number of carbonyl (C=O) groups is 1. The van der Waals surface area contributed by atoms with Gasteiger partial charge >= 0.3 is 0 Å². The highest BCUT2D eigenvalue weighted by Crippen LogP contribution is 2.30. The molecule has 1 aliphatic heterocycles. The van der Waals surface area contributed by atoms with Crippen LogP contribution in [0.5, 0.6) is 0 Å². The van der Waals surface area contributed by atoms with E-state index in [9.17, 15) is 4.79 Å². The number of halogens is 2. The van der Waals surface area contributed by atoms with Crippen LogP contribution in [0.2, 0.25) is 0 Å². The number of fused-ring (bicyclic) bond motifs is 1. The summed E-state index contributed by atoms with van der Waals surface area (Å²) in [6.45, 7) is 7.46. The van der Waals surface area contributed by atoms with Gasteiger partial charge in [-0.3, -0.25) is 4.79 Å². The fraction of sp³-hybridized carbons (Fsp3) is 0.435. The van der Waals surface area contributed by atoms with E-state index >= 15 is 0 Å². The molecule has 0 saturated carbocycles. The molecular weight excluding hydrogens is 433 g/mol. The first kappa shape index (κ1) is 25.1. The SMILES string of the molecule is Cc1ccccc1-c1cc(C(=O)N2CCCCC2CN)c2cnn(C(C)C)c2n1.Cl.Cl. The summed E-state index contributed by atoms with van der Waals surface area (Å²) in [7, 11) is 0. The van der Waals surface area contributed by atoms with E-state index in [4.69, 9.17) is 10.7 Å². The van der Waals surface area contributed by atoms with Crippen molar-refractivity contribution < 1.29 is 4.79 Å². The third-order valence-corrected chi connectivity index (χ3v) is 5.87. The van der Waals surface area contributed by atoms with Gasteiger partial charge in [0.2, 0.25) is 0 Å². The number of likely N-dealkylation sites (tertiary alicyclic amines) is 1. The monoisotopic (exact) mass is 463 g/mol. The van der Waals surface area contributed by atoms with Crippen LogP contribution in [0.15, 0.2) is 36.5 Å². The molecule has 1 atom stereocenters. The smallest absolute Gasteiger partial charge is 0.255 e. The fourth-order valence-corrected chi connectivity index (χ4v) is 4.24. The Morgan fingerprint density at radius 3 is 2.65 bits per heavy atom. The van der Waals surface area contributed by atoms with Crippen molar-refractivity contribution in [3.8, 4) is 11.3 Å². The molecule has 2 aromatic heterocycles. The van der Waals surface area contributed by atoms with Crippen LogP contribution in [0, 0.1) is 6.92 Å². The molecule has 8 heteroatoms. The molecule has 0 bridgehead atoms. The van der Waals surface area contributed by atoms with Crippen molar-refractivity contribution in [1.82, 2.24) is 19.7 Å². The average molecular weight is 464 g/mol. The molecule has 1 aromatic carbocycles. The molecule has 1 fully saturated rings. The lowest BCUT2D eigenvalue weighted by atomic mass is 9.98. The largest absolute Gasteiger partial charge is 0.334 e. The third kappa shape index (κ3) is 4.71. The molecule has 31 heavy (non-hydrogen) atoms. The summed E-state index contributed by atoms with van der Waals surface area (Å²) in [6, 6.07) is 10.3. The van der Waals surface area contributed by atoms with Crippen molar-refractivity contribution in [1.29, 1.82) is 0 Å². The zero-order chi connectivity index (χ0) is 20.5. The van der Waals surface area contributed by atoms with Crippen molar-refractivity contribution >= 4 is 41.8 Å². The van der Waals surface area contributed by atoms with Gasteiger partial charge in [0.15, 0.2) is 5.65 Å². The number of hydrogen-bond acceptors (Lipinski definition) is 4. The Labute approximate surface area is 196 Å². The first-order valence-electron chi connectivity index (χ1n) is 10.5. The minimum atomic E-state index is 0. The summed E-state index contributed by atoms with van der Waals surface area (Å²) in [6.07, 6.45) is 4.88. The van der Waals surface area contributed by atoms with Crippen LogP contribution in [-0.4, -0.2) is 44.7 Å². The molecule has 3 heterocycles. The highest BCUT2D eigenvalue weighted by atomic mass is 35.5. The highest BCUT2D eigenvalue weighted by Gasteiger charge is 2.29. The van der Waals surface area contributed by atoms with E-state index in [1.165, 1.54) is 0 Å². The van der Waals surface area contributed by atoms with Crippen LogP contribution in [0.3, 0.4) is 0 Å². The lowest BCUT2D eigenvalue weighted by molar-refractivity contribution is 0.0625. The van der Waals surface area contributed by atoms with Crippen molar-refractivity contribution in [3.05, 3.63) is 47.7 Å². The second-order valence-electron chi connectivity index (χ2n) is 8.17. The maximum atomic E-state index is 13.6. The molecule has 2 N–H and O–H groups in total. The fourth-order valence-electron chi connectivity index (χ4n) is 4.24. The van der Waals surface area contributed by atoms with Crippen LogP contribution >= 0.6 is 24.8 Å². The van der Waals surface area contributed by atoms with E-state index in [0.717, 1.165) is 53.7 Å². The number of nitrogens with two attached hydrogens (primary N) is 1. The Bertz CT molecular complexity index is 1050. The number of pyridine rings is 1. The standard InChI is InChI=1S/C23H29N5O.2ClH/c1-15(2)28-22-20(14-25-28)19(23(29)27-11-7-6-9-17(27)13-24)12-21(26-22)18-10-5-4-8-16(18)3;;/h4-5,8,10,12,14-15,17H,6-7,9,11,13,24H2,1-3H3;2*1H. The minimum absolute atomic E-state index is 0. The zero-order valence-corrected chi connectivity index (χ0v) is 19.9. The number of benzene rings is 1. The van der Waals surface area contributed by atoms with E-state index < -0.39 is 0 Å². The van der Waals surface area contributed by atoms with E-state index in [2.05, 4.69) is 38.0 Å². The van der Waals surface area contributed by atoms with Gasteiger partial charge in [0.05, 0.1) is 22.8 Å². The predicted octanol–water partition coefficient (Wildman–Crippen LogP) is 4.78. The van der Waals surface area contributed by atoms with Crippen LogP contribution in [0.4, 0.5) is 0 Å². The van der Waals surface area contributed by atoms with Gasteiger partial charge in [-0.05, 0) is 51.7 Å². The zero-order valence-electron chi connectivity index (χ0n) is 18.2. The first-order valence-corrected chi connectivity index (χ1v) is 10.5. The summed E-state index contributed by atoms with van der Waals surface area (Å²) in [5.41, 5.74) is 10.4. The Morgan fingerprint density at radius 1 is 1.23 bits per heavy atom. The molecule has 1 amide bonds. The Morgan fingerprint density at radius 2 is 1.97 bits per heavy atom. The molecular formula is C23H31Cl2N5O. The van der Waals surface area contributed by atoms with Crippen molar-refractivity contribution in [3.63, 3.8) is 0 Å². The normalized spacial score (nSPS) is 16.2. The molecule has 1 unspecified atom stereocenters. The summed E-state index contributed by atoms with van der Waals surface area (Å²) >= 11 is 0. The number of hydrogen-bond donors (Lipinski definition) is 1. The first-order chi connectivity index (χ1) is 14.0. The third-order valence-electron chi connectivity index (χ3n) is 5.87. The van der Waals surface area contributed by atoms with Crippen LogP contribution in [0.25, 0.3) is 22.3 Å². The maximum Gasteiger partial charge on any atom is 0.255 e. The van der Waals surface area contributed by atoms with Crippen LogP contribution in [0.1, 0.15) is 55.1 Å². The highest BCUT2D eigenvalue weighted by molar-refractivity contribution is 6.06. The number of piperidine rings is 1. The Kier molecular flexibility index (Phi) is 8.46. The van der Waals surface area contributed by atoms with Crippen LogP contribution in [-0.2, 0) is 0 Å². The summed E-state index contributed by atoms with van der Waals surface area (Å²) in [5, 5.41) is 5.35. The number of carbonyl (C=O) groups excluding carboxylic acids is 1. The van der Waals surface area contributed by atoms with Gasteiger partial charge in [-0.2, -0.15) is 5.10 Å². The molecule has 6 nitrogen and oxygen atoms in total. The van der Waals surface area contributed by atoms with Crippen molar-refractivity contribution in [2.24, 2.45) is 5.73 Å². The molecule has 3 aromatic rings. The van der Waals surface area contributed by atoms with Crippen molar-refractivity contribution in [2.75, 3.05) is 13.1 Å². The predicted molar refractivity (Wildman–Crippen MR) is 130 cm³/mol. The Hall–Kier alpha value is -2.15. The number of aryl methyl sites for hydroxylation is 1. The molecule has 0 aliphatic carbocycles. The second kappa shape index (κ2) is 10.4. The van der Waals surface area contributed by atoms with E-state index in [0.29, 0.717) is 12.1 Å². The van der Waals surface area contributed by atoms with Gasteiger partial charge in [-0.1, -0.05) is 24.3 Å². The van der Waals surface area contributed by atoms with E-state index in [1.807, 2.05) is 27.8 Å². The molecule has 0 radical (unpaired) electrons. The topological polar surface area (TPSA) is 77.0 Å². The number of aromatic nitrogens is 3. The quantitative estimate of drug-likeness (QED) is 0.603. The lowest BCUT2D eigenvalue weighted by Gasteiger charge is -2.35. The molecule has 0 spiro atoms. The molecule has 1 aliphatic rings. The second-order valence-corrected chi connectivity index (χ2v) is 8.17. The summed E-state index contributed by atoms with van der Waals surface area (Å²) < 4.78 is 1.89. The van der Waals surface area contributed by atoms with Crippen LogP contribution < -0.4 is 5.73 Å². The summed E-state index contributed by atoms with van der Waals surface area (Å²) in [5.74, 6) is 0.0330. The number of amides is 1. The maximum absolute atomic E-state index is 13.6. The van der Waals surface area contributed by atoms with Gasteiger partial charge in [0, 0.05) is 30.7 Å². The van der Waals surface area contributed by atoms with E-state index in [1.54, 1.807) is 6.20 Å². The minimum Gasteiger partial charge on any atom is -0.334 e. The number of rotatable bonds is 4. The van der Waals surface area contributed by atoms with Gasteiger partial charge in [-0.25, -0.2) is 9.67 Å². The number of nitrogens with zero attached hydrogens (tertiary/aromatic N) is 4. The van der Waals surface area contributed by atoms with Gasteiger partial charge in [0.1, 0.15) is 0 Å².